The number of rotatable bonds is 5. The maximum absolute atomic E-state index is 10.5. The van der Waals surface area contributed by atoms with E-state index >= 15 is 0 Å². The number of carbonyl (C=O) groups excluding carboxylic acids is 1. The fraction of sp³-hybridized carbons (Fsp3) is 0.333. The molecule has 0 fully saturated rings. The first-order chi connectivity index (χ1) is 9.18. The molecule has 0 aliphatic heterocycles. The lowest BCUT2D eigenvalue weighted by Gasteiger charge is -2.02. The zero-order valence-electron chi connectivity index (χ0n) is 10.6. The van der Waals surface area contributed by atoms with Crippen molar-refractivity contribution in [2.24, 2.45) is 0 Å². The minimum atomic E-state index is -0.273. The first-order valence-corrected chi connectivity index (χ1v) is 5.90. The molecular weight excluding hydrogens is 246 g/mol. The maximum atomic E-state index is 10.5. The number of carbonyl (C=O) groups is 1. The highest BCUT2D eigenvalue weighted by atomic mass is 16.5. The molecular formula is C12H15N5O2. The summed E-state index contributed by atoms with van der Waals surface area (Å²) in [5.74, 6) is -0.273. The number of esters is 1. The van der Waals surface area contributed by atoms with E-state index < -0.39 is 0 Å². The monoisotopic (exact) mass is 261 g/mol. The van der Waals surface area contributed by atoms with E-state index in [9.17, 15) is 4.79 Å². The van der Waals surface area contributed by atoms with Gasteiger partial charge < -0.3 is 14.3 Å². The van der Waals surface area contributed by atoms with Crippen LogP contribution in [0.1, 0.15) is 13.3 Å². The Bertz CT molecular complexity index is 655. The Morgan fingerprint density at radius 1 is 1.53 bits per heavy atom. The molecule has 0 aromatic carbocycles. The van der Waals surface area contributed by atoms with Crippen LogP contribution in [-0.4, -0.2) is 32.1 Å². The molecule has 0 unspecified atom stereocenters. The minimum absolute atomic E-state index is 0.273. The van der Waals surface area contributed by atoms with Gasteiger partial charge in [-0.3, -0.25) is 10.2 Å². The van der Waals surface area contributed by atoms with Crippen molar-refractivity contribution in [1.82, 2.24) is 19.5 Å². The van der Waals surface area contributed by atoms with Crippen LogP contribution in [0.15, 0.2) is 24.8 Å². The molecule has 2 aromatic rings. The van der Waals surface area contributed by atoms with Crippen LogP contribution >= 0.6 is 0 Å². The van der Waals surface area contributed by atoms with Crippen molar-refractivity contribution in [2.45, 2.75) is 19.9 Å². The zero-order chi connectivity index (χ0) is 13.7. The van der Waals surface area contributed by atoms with E-state index in [0.717, 1.165) is 0 Å². The van der Waals surface area contributed by atoms with Crippen molar-refractivity contribution in [2.75, 3.05) is 6.61 Å². The summed E-state index contributed by atoms with van der Waals surface area (Å²) in [6.07, 6.45) is 7.59. The Hall–Kier alpha value is -2.44. The van der Waals surface area contributed by atoms with Gasteiger partial charge in [0.15, 0.2) is 11.1 Å². The second-order valence-corrected chi connectivity index (χ2v) is 3.95. The van der Waals surface area contributed by atoms with Gasteiger partial charge >= 0.3 is 5.97 Å². The number of ether oxygens (including phenoxy) is 1. The fourth-order valence-corrected chi connectivity index (χ4v) is 1.60. The molecule has 0 radical (unpaired) electrons. The summed E-state index contributed by atoms with van der Waals surface area (Å²) in [6.45, 7) is 2.31. The molecule has 2 aromatic heterocycles. The molecule has 0 aliphatic rings. The Kier molecular flexibility index (Phi) is 4.07. The van der Waals surface area contributed by atoms with Gasteiger partial charge in [0.25, 0.3) is 0 Å². The molecule has 0 bridgehead atoms. The normalized spacial score (nSPS) is 11.2. The number of imidazole rings is 1. The standard InChI is InChI=1S/C12H15N5O2/c1-9(18)19-6-4-2-3-5-17-8-16-12-10(11(17)13)14-7-15-12/h2-3,7-8,13H,4-6H2,1H3,(H,14,15)/b3-2+,13-11?. The molecule has 0 aliphatic carbocycles. The van der Waals surface area contributed by atoms with Crippen molar-refractivity contribution in [3.05, 3.63) is 30.3 Å². The maximum Gasteiger partial charge on any atom is 0.302 e. The highest BCUT2D eigenvalue weighted by Gasteiger charge is 2.01. The van der Waals surface area contributed by atoms with E-state index in [0.29, 0.717) is 36.2 Å². The van der Waals surface area contributed by atoms with E-state index in [1.54, 1.807) is 10.9 Å². The summed E-state index contributed by atoms with van der Waals surface area (Å²) < 4.78 is 6.50. The first kappa shape index (κ1) is 13.0. The molecule has 2 rings (SSSR count). The molecule has 0 spiro atoms. The van der Waals surface area contributed by atoms with Crippen molar-refractivity contribution in [1.29, 1.82) is 5.41 Å². The highest BCUT2D eigenvalue weighted by molar-refractivity contribution is 5.67. The third-order valence-electron chi connectivity index (χ3n) is 2.52. The third-order valence-corrected chi connectivity index (χ3v) is 2.52. The van der Waals surface area contributed by atoms with Gasteiger partial charge in [0.2, 0.25) is 0 Å². The molecule has 0 saturated heterocycles. The molecule has 0 saturated carbocycles. The molecule has 7 heteroatoms. The number of nitrogens with zero attached hydrogens (tertiary/aromatic N) is 3. The average Bonchev–Trinajstić information content (AvgIpc) is 2.84. The van der Waals surface area contributed by atoms with Gasteiger partial charge in [0, 0.05) is 13.5 Å². The fourth-order valence-electron chi connectivity index (χ4n) is 1.60. The van der Waals surface area contributed by atoms with Crippen LogP contribution in [0, 0.1) is 5.41 Å². The van der Waals surface area contributed by atoms with Crippen LogP contribution in [0.4, 0.5) is 0 Å². The van der Waals surface area contributed by atoms with Gasteiger partial charge in [0.05, 0.1) is 19.3 Å². The lowest BCUT2D eigenvalue weighted by atomic mass is 10.4. The molecule has 0 atom stereocenters. The summed E-state index contributed by atoms with van der Waals surface area (Å²) in [7, 11) is 0. The number of H-pyrrole nitrogens is 1. The predicted molar refractivity (Wildman–Crippen MR) is 68.1 cm³/mol. The Labute approximate surface area is 109 Å². The van der Waals surface area contributed by atoms with Crippen LogP contribution in [0.2, 0.25) is 0 Å². The Morgan fingerprint density at radius 3 is 3.16 bits per heavy atom. The van der Waals surface area contributed by atoms with Crippen LogP contribution in [-0.2, 0) is 16.1 Å². The van der Waals surface area contributed by atoms with Crippen molar-refractivity contribution in [3.63, 3.8) is 0 Å². The number of nitrogens with one attached hydrogen (secondary N) is 2. The Morgan fingerprint density at radius 2 is 2.37 bits per heavy atom. The van der Waals surface area contributed by atoms with Gasteiger partial charge in [-0.15, -0.1) is 0 Å². The van der Waals surface area contributed by atoms with E-state index in [2.05, 4.69) is 15.0 Å². The largest absolute Gasteiger partial charge is 0.466 e. The second kappa shape index (κ2) is 5.94. The highest BCUT2D eigenvalue weighted by Crippen LogP contribution is 1.97. The van der Waals surface area contributed by atoms with Gasteiger partial charge in [-0.05, 0) is 6.42 Å². The first-order valence-electron chi connectivity index (χ1n) is 5.90. The summed E-state index contributed by atoms with van der Waals surface area (Å²) in [5, 5.41) is 7.98. The molecule has 2 heterocycles. The van der Waals surface area contributed by atoms with E-state index in [1.807, 2.05) is 12.2 Å². The van der Waals surface area contributed by atoms with Gasteiger partial charge in [-0.2, -0.15) is 0 Å². The van der Waals surface area contributed by atoms with Gasteiger partial charge in [-0.1, -0.05) is 12.2 Å². The summed E-state index contributed by atoms with van der Waals surface area (Å²) in [4.78, 5) is 21.6. The van der Waals surface area contributed by atoms with Crippen LogP contribution in [0.3, 0.4) is 0 Å². The quantitative estimate of drug-likeness (QED) is 0.471. The van der Waals surface area contributed by atoms with Crippen LogP contribution < -0.4 is 5.49 Å². The number of hydrogen-bond acceptors (Lipinski definition) is 5. The average molecular weight is 261 g/mol. The minimum Gasteiger partial charge on any atom is -0.466 e. The molecule has 7 nitrogen and oxygen atoms in total. The second-order valence-electron chi connectivity index (χ2n) is 3.95. The number of aromatic amines is 1. The van der Waals surface area contributed by atoms with Crippen LogP contribution in [0.5, 0.6) is 0 Å². The summed E-state index contributed by atoms with van der Waals surface area (Å²) in [6, 6.07) is 0. The number of allylic oxidation sites excluding steroid dienone is 1. The number of hydrogen-bond donors (Lipinski definition) is 2. The molecule has 2 N–H and O–H groups in total. The predicted octanol–water partition coefficient (Wildman–Crippen LogP) is 0.748. The van der Waals surface area contributed by atoms with Gasteiger partial charge in [-0.25, -0.2) is 9.97 Å². The summed E-state index contributed by atoms with van der Waals surface area (Å²) in [5.41, 5.74) is 1.50. The molecule has 100 valence electrons. The van der Waals surface area contributed by atoms with Crippen molar-refractivity contribution < 1.29 is 9.53 Å². The topological polar surface area (TPSA) is 96.7 Å². The van der Waals surface area contributed by atoms with E-state index in [-0.39, 0.29) is 5.97 Å². The zero-order valence-corrected chi connectivity index (χ0v) is 10.6. The lowest BCUT2D eigenvalue weighted by molar-refractivity contribution is -0.140. The van der Waals surface area contributed by atoms with E-state index in [4.69, 9.17) is 10.1 Å². The smallest absolute Gasteiger partial charge is 0.302 e. The summed E-state index contributed by atoms with van der Waals surface area (Å²) >= 11 is 0. The molecule has 0 amide bonds. The third kappa shape index (κ3) is 3.27. The van der Waals surface area contributed by atoms with E-state index in [1.165, 1.54) is 13.3 Å². The van der Waals surface area contributed by atoms with Crippen LogP contribution in [0.25, 0.3) is 11.2 Å². The SMILES string of the molecule is CC(=O)OCC/C=C/Cn1cnc2nc[nH]c2c1=N. The lowest BCUT2D eigenvalue weighted by Crippen LogP contribution is -2.20. The van der Waals surface area contributed by atoms with Gasteiger partial charge in [0.1, 0.15) is 5.52 Å². The van der Waals surface area contributed by atoms with Crippen molar-refractivity contribution in [3.8, 4) is 0 Å². The Balaban J connectivity index is 1.94. The number of aromatic nitrogens is 4. The molecule has 19 heavy (non-hydrogen) atoms. The van der Waals surface area contributed by atoms with Crippen molar-refractivity contribution >= 4 is 17.1 Å². The number of fused-ring (bicyclic) bond motifs is 1.